The van der Waals surface area contributed by atoms with Crippen molar-refractivity contribution in [3.05, 3.63) is 0 Å². The van der Waals surface area contributed by atoms with Crippen molar-refractivity contribution in [3.8, 4) is 0 Å². The number of phosphoric ester groups is 2. The Morgan fingerprint density at radius 2 is 0.460 bits per heavy atom. The summed E-state index contributed by atoms with van der Waals surface area (Å²) in [6, 6.07) is 0. The van der Waals surface area contributed by atoms with Gasteiger partial charge in [0.15, 0.2) is 12.2 Å². The van der Waals surface area contributed by atoms with Gasteiger partial charge in [0.25, 0.3) is 0 Å². The lowest BCUT2D eigenvalue weighted by atomic mass is 10.0. The number of hydrogen-bond acceptors (Lipinski definition) is 15. The van der Waals surface area contributed by atoms with E-state index >= 15 is 0 Å². The van der Waals surface area contributed by atoms with Crippen molar-refractivity contribution >= 4 is 39.5 Å². The topological polar surface area (TPSA) is 237 Å². The van der Waals surface area contributed by atoms with Crippen molar-refractivity contribution in [1.29, 1.82) is 0 Å². The lowest BCUT2D eigenvalue weighted by molar-refractivity contribution is -0.161. The van der Waals surface area contributed by atoms with Gasteiger partial charge in [0, 0.05) is 25.7 Å². The molecule has 0 aliphatic carbocycles. The monoisotopic (exact) mass is 1280 g/mol. The van der Waals surface area contributed by atoms with Crippen molar-refractivity contribution in [3.63, 3.8) is 0 Å². The Kier molecular flexibility index (Phi) is 61.4. The molecule has 5 atom stereocenters. The molecule has 0 rings (SSSR count). The molecule has 0 aromatic heterocycles. The smallest absolute Gasteiger partial charge is 0.462 e. The predicted molar refractivity (Wildman–Crippen MR) is 349 cm³/mol. The number of ether oxygens (including phenoxy) is 4. The third-order valence-electron chi connectivity index (χ3n) is 15.9. The molecule has 516 valence electrons. The summed E-state index contributed by atoms with van der Waals surface area (Å²) in [6.07, 6.45) is 50.3. The fraction of sp³-hybridized carbons (Fsp3) is 0.941. The lowest BCUT2D eigenvalue weighted by Gasteiger charge is -2.21. The van der Waals surface area contributed by atoms with E-state index in [-0.39, 0.29) is 25.7 Å². The minimum Gasteiger partial charge on any atom is -0.462 e. The van der Waals surface area contributed by atoms with E-state index in [4.69, 9.17) is 37.0 Å². The zero-order valence-corrected chi connectivity index (χ0v) is 57.8. The van der Waals surface area contributed by atoms with Crippen molar-refractivity contribution in [2.24, 2.45) is 0 Å². The summed E-state index contributed by atoms with van der Waals surface area (Å²) in [7, 11) is -9.88. The maximum Gasteiger partial charge on any atom is 0.472 e. The zero-order chi connectivity index (χ0) is 64.0. The zero-order valence-electron chi connectivity index (χ0n) is 56.0. The van der Waals surface area contributed by atoms with Gasteiger partial charge in [-0.05, 0) is 25.7 Å². The van der Waals surface area contributed by atoms with Gasteiger partial charge >= 0.3 is 39.5 Å². The molecule has 0 saturated carbocycles. The second-order valence-electron chi connectivity index (χ2n) is 24.6. The fourth-order valence-corrected chi connectivity index (χ4v) is 11.9. The van der Waals surface area contributed by atoms with Crippen LogP contribution in [0.5, 0.6) is 0 Å². The average Bonchev–Trinajstić information content (AvgIpc) is 3.71. The Bertz CT molecular complexity index is 1670. The maximum atomic E-state index is 13.0. The van der Waals surface area contributed by atoms with Crippen LogP contribution in [0.2, 0.25) is 0 Å². The molecule has 0 radical (unpaired) electrons. The van der Waals surface area contributed by atoms with Crippen LogP contribution in [0.4, 0.5) is 0 Å². The van der Waals surface area contributed by atoms with Crippen LogP contribution < -0.4 is 0 Å². The van der Waals surface area contributed by atoms with E-state index in [0.29, 0.717) is 25.7 Å². The molecule has 2 unspecified atom stereocenters. The second-order valence-corrected chi connectivity index (χ2v) is 27.5. The lowest BCUT2D eigenvalue weighted by Crippen LogP contribution is -2.30. The van der Waals surface area contributed by atoms with Crippen LogP contribution in [0.3, 0.4) is 0 Å². The molecule has 87 heavy (non-hydrogen) atoms. The molecule has 0 aromatic rings. The molecule has 17 nitrogen and oxygen atoms in total. The van der Waals surface area contributed by atoms with Gasteiger partial charge in [0.05, 0.1) is 26.4 Å². The first-order chi connectivity index (χ1) is 42.2. The fourth-order valence-electron chi connectivity index (χ4n) is 10.3. The minimum absolute atomic E-state index is 0.106. The molecule has 0 spiro atoms. The Balaban J connectivity index is 5.09. The predicted octanol–water partition coefficient (Wildman–Crippen LogP) is 19.5. The summed E-state index contributed by atoms with van der Waals surface area (Å²) in [6.45, 7) is 4.86. The van der Waals surface area contributed by atoms with Crippen molar-refractivity contribution in [1.82, 2.24) is 0 Å². The first-order valence-corrected chi connectivity index (χ1v) is 38.8. The van der Waals surface area contributed by atoms with E-state index in [9.17, 15) is 43.2 Å². The van der Waals surface area contributed by atoms with Crippen molar-refractivity contribution in [2.45, 2.75) is 373 Å². The summed E-state index contributed by atoms with van der Waals surface area (Å²) < 4.78 is 68.0. The third-order valence-corrected chi connectivity index (χ3v) is 17.8. The average molecular weight is 1280 g/mol. The number of aliphatic hydroxyl groups is 1. The molecule has 0 amide bonds. The summed E-state index contributed by atoms with van der Waals surface area (Å²) in [5.74, 6) is -2.13. The van der Waals surface area contributed by atoms with Crippen LogP contribution in [0.1, 0.15) is 355 Å². The van der Waals surface area contributed by atoms with Crippen LogP contribution >= 0.6 is 15.6 Å². The summed E-state index contributed by atoms with van der Waals surface area (Å²) in [5.41, 5.74) is 0. The molecule has 19 heteroatoms. The normalized spacial score (nSPS) is 14.1. The van der Waals surface area contributed by atoms with E-state index in [1.54, 1.807) is 0 Å². The van der Waals surface area contributed by atoms with Crippen molar-refractivity contribution in [2.75, 3.05) is 39.6 Å². The molecular formula is C68H132O17P2. The number of phosphoric acid groups is 2. The molecular weight excluding hydrogens is 1150 g/mol. The number of aliphatic hydroxyl groups excluding tert-OH is 1. The van der Waals surface area contributed by atoms with E-state index in [2.05, 4.69) is 27.7 Å². The summed E-state index contributed by atoms with van der Waals surface area (Å²) in [5, 5.41) is 10.5. The van der Waals surface area contributed by atoms with Crippen LogP contribution in [-0.4, -0.2) is 96.7 Å². The Labute approximate surface area is 530 Å². The molecule has 0 aliphatic heterocycles. The van der Waals surface area contributed by atoms with Gasteiger partial charge in [-0.25, -0.2) is 9.13 Å². The van der Waals surface area contributed by atoms with Gasteiger partial charge in [-0.2, -0.15) is 0 Å². The summed E-state index contributed by atoms with van der Waals surface area (Å²) >= 11 is 0. The van der Waals surface area contributed by atoms with E-state index in [1.807, 2.05) is 0 Å². The highest BCUT2D eigenvalue weighted by Crippen LogP contribution is 2.45. The molecule has 3 N–H and O–H groups in total. The van der Waals surface area contributed by atoms with Crippen LogP contribution in [0.15, 0.2) is 0 Å². The SMILES string of the molecule is CCCCCCCCCCCCCCCCCCCCCCCC(=O)O[C@H](COC(=O)CCCCCCCCCCCC)COP(=O)(O)OC[C@@H](O)COP(=O)(O)OC[C@@H](COC(=O)CCCCCCCCC)OC(=O)CCCCCCCCCCC. The Morgan fingerprint density at radius 3 is 0.678 bits per heavy atom. The van der Waals surface area contributed by atoms with E-state index < -0.39 is 97.5 Å². The summed E-state index contributed by atoms with van der Waals surface area (Å²) in [4.78, 5) is 72.2. The van der Waals surface area contributed by atoms with Gasteiger partial charge < -0.3 is 33.8 Å². The van der Waals surface area contributed by atoms with Crippen LogP contribution in [0.25, 0.3) is 0 Å². The highest BCUT2D eigenvalue weighted by molar-refractivity contribution is 7.47. The second kappa shape index (κ2) is 62.8. The van der Waals surface area contributed by atoms with Gasteiger partial charge in [-0.1, -0.05) is 304 Å². The van der Waals surface area contributed by atoms with Gasteiger partial charge in [0.1, 0.15) is 19.3 Å². The van der Waals surface area contributed by atoms with Gasteiger partial charge in [-0.15, -0.1) is 0 Å². The first kappa shape index (κ1) is 85.1. The maximum absolute atomic E-state index is 13.0. The first-order valence-electron chi connectivity index (χ1n) is 35.8. The number of esters is 4. The van der Waals surface area contributed by atoms with Crippen LogP contribution in [-0.2, 0) is 65.4 Å². The molecule has 0 aromatic carbocycles. The highest BCUT2D eigenvalue weighted by atomic mass is 31.2. The van der Waals surface area contributed by atoms with E-state index in [1.165, 1.54) is 173 Å². The molecule has 0 aliphatic rings. The largest absolute Gasteiger partial charge is 0.472 e. The van der Waals surface area contributed by atoms with Gasteiger partial charge in [0.2, 0.25) is 0 Å². The minimum atomic E-state index is -4.95. The third kappa shape index (κ3) is 62.6. The highest BCUT2D eigenvalue weighted by Gasteiger charge is 2.30. The van der Waals surface area contributed by atoms with E-state index in [0.717, 1.165) is 103 Å². The Hall–Kier alpha value is -1.94. The Morgan fingerprint density at radius 1 is 0.276 bits per heavy atom. The quantitative estimate of drug-likeness (QED) is 0.0222. The number of carbonyl (C=O) groups excluding carboxylic acids is 4. The standard InChI is InChI=1S/C68H132O17P2/c1-5-9-13-17-21-24-26-27-28-29-30-31-32-33-34-35-36-39-43-47-51-55-68(73)85-64(59-79-66(71)53-49-45-41-38-25-22-18-14-10-6-2)61-83-87(76,77)81-57-62(69)56-80-86(74,75)82-60-63(58-78-65(70)52-48-44-40-20-16-12-8-4)84-67(72)54-50-46-42-37-23-19-15-11-7-3/h62-64,69H,5-61H2,1-4H3,(H,74,75)(H,76,77)/t62-,63+,64+/m0/s1. The molecule has 0 saturated heterocycles. The number of rotatable bonds is 69. The molecule has 0 fully saturated rings. The molecule has 0 heterocycles. The number of carbonyl (C=O) groups is 4. The molecule has 0 bridgehead atoms. The van der Waals surface area contributed by atoms with Crippen molar-refractivity contribution < 1.29 is 80.2 Å². The number of unbranched alkanes of at least 4 members (excludes halogenated alkanes) is 43. The van der Waals surface area contributed by atoms with Crippen LogP contribution in [0, 0.1) is 0 Å². The van der Waals surface area contributed by atoms with Gasteiger partial charge in [-0.3, -0.25) is 37.3 Å². The number of hydrogen-bond donors (Lipinski definition) is 3.